The fraction of sp³-hybridized carbons (Fsp3) is 0.421. The molecule has 124 valence electrons. The Morgan fingerprint density at radius 1 is 1.09 bits per heavy atom. The predicted molar refractivity (Wildman–Crippen MR) is 89.3 cm³/mol. The molecule has 23 heavy (non-hydrogen) atoms. The van der Waals surface area contributed by atoms with Gasteiger partial charge >= 0.3 is 0 Å². The molecule has 1 aliphatic carbocycles. The molecule has 1 unspecified atom stereocenters. The summed E-state index contributed by atoms with van der Waals surface area (Å²) < 4.78 is 11.7. The molecule has 0 amide bonds. The first kappa shape index (κ1) is 17.4. The van der Waals surface area contributed by atoms with E-state index in [1.165, 1.54) is 6.08 Å². The Bertz CT molecular complexity index is 589. The minimum atomic E-state index is -1.14. The molecular formula is C19H24O4. The van der Waals surface area contributed by atoms with Crippen LogP contribution in [0.1, 0.15) is 38.1 Å². The van der Waals surface area contributed by atoms with Crippen LogP contribution in [0.4, 0.5) is 0 Å². The standard InChI is InChI=1S/C19H24O4/c1-13(2)22-19(23-14(3)4)11-10-16(17(20)12-19)18(21)15-8-6-5-7-9-15/h5-14,16,20H,1-4H3. The van der Waals surface area contributed by atoms with Gasteiger partial charge < -0.3 is 14.6 Å². The van der Waals surface area contributed by atoms with Crippen molar-refractivity contribution in [1.82, 2.24) is 0 Å². The van der Waals surface area contributed by atoms with E-state index in [1.807, 2.05) is 33.8 Å². The van der Waals surface area contributed by atoms with Gasteiger partial charge in [-0.05, 0) is 33.8 Å². The van der Waals surface area contributed by atoms with Crippen LogP contribution >= 0.6 is 0 Å². The Labute approximate surface area is 137 Å². The number of hydrogen-bond acceptors (Lipinski definition) is 4. The van der Waals surface area contributed by atoms with Gasteiger partial charge in [-0.25, -0.2) is 0 Å². The van der Waals surface area contributed by atoms with Crippen molar-refractivity contribution in [3.8, 4) is 0 Å². The zero-order chi connectivity index (χ0) is 17.0. The molecule has 0 saturated heterocycles. The summed E-state index contributed by atoms with van der Waals surface area (Å²) in [5, 5.41) is 10.4. The number of benzene rings is 1. The number of ketones is 1. The van der Waals surface area contributed by atoms with Gasteiger partial charge in [-0.2, -0.15) is 0 Å². The Balaban J connectivity index is 2.27. The van der Waals surface area contributed by atoms with Crippen molar-refractivity contribution in [3.05, 3.63) is 59.9 Å². The molecule has 0 aromatic heterocycles. The summed E-state index contributed by atoms with van der Waals surface area (Å²) in [5.41, 5.74) is 0.559. The lowest BCUT2D eigenvalue weighted by molar-refractivity contribution is -0.210. The number of aliphatic hydroxyl groups is 1. The van der Waals surface area contributed by atoms with E-state index in [9.17, 15) is 9.90 Å². The summed E-state index contributed by atoms with van der Waals surface area (Å²) in [6.07, 6.45) is 4.65. The highest BCUT2D eigenvalue weighted by molar-refractivity contribution is 6.00. The molecule has 0 fully saturated rings. The molecule has 4 heteroatoms. The van der Waals surface area contributed by atoms with E-state index in [2.05, 4.69) is 0 Å². The summed E-state index contributed by atoms with van der Waals surface area (Å²) in [6.45, 7) is 7.58. The van der Waals surface area contributed by atoms with Crippen LogP contribution in [0.2, 0.25) is 0 Å². The average molecular weight is 316 g/mol. The molecule has 1 aliphatic rings. The molecule has 0 heterocycles. The van der Waals surface area contributed by atoms with E-state index >= 15 is 0 Å². The van der Waals surface area contributed by atoms with Crippen LogP contribution in [0.5, 0.6) is 0 Å². The van der Waals surface area contributed by atoms with Crippen LogP contribution in [0.25, 0.3) is 0 Å². The van der Waals surface area contributed by atoms with Crippen molar-refractivity contribution in [3.63, 3.8) is 0 Å². The minimum Gasteiger partial charge on any atom is -0.511 e. The normalized spacial score (nSPS) is 19.9. The Morgan fingerprint density at radius 2 is 1.65 bits per heavy atom. The number of allylic oxidation sites excluding steroid dienone is 1. The first-order valence-corrected chi connectivity index (χ1v) is 7.89. The molecule has 0 saturated carbocycles. The fourth-order valence-electron chi connectivity index (χ4n) is 2.59. The molecule has 2 rings (SSSR count). The molecule has 0 aliphatic heterocycles. The summed E-state index contributed by atoms with van der Waals surface area (Å²) in [5.74, 6) is -2.06. The van der Waals surface area contributed by atoms with Gasteiger partial charge in [0, 0.05) is 11.6 Å². The highest BCUT2D eigenvalue weighted by Gasteiger charge is 2.36. The van der Waals surface area contributed by atoms with E-state index in [4.69, 9.17) is 9.47 Å². The SMILES string of the molecule is CC(C)OC1(OC(C)C)C=CC(C(=O)c2ccccc2)C(O)=C1. The zero-order valence-corrected chi connectivity index (χ0v) is 14.0. The smallest absolute Gasteiger partial charge is 0.212 e. The molecule has 0 bridgehead atoms. The number of ether oxygens (including phenoxy) is 2. The second kappa shape index (κ2) is 7.11. The lowest BCUT2D eigenvalue weighted by Crippen LogP contribution is -2.39. The number of Topliss-reactive ketones (excluding diaryl/α,β-unsaturated/α-hetero) is 1. The maximum absolute atomic E-state index is 12.5. The van der Waals surface area contributed by atoms with E-state index < -0.39 is 11.7 Å². The van der Waals surface area contributed by atoms with Gasteiger partial charge in [-0.1, -0.05) is 36.4 Å². The lowest BCUT2D eigenvalue weighted by atomic mass is 9.90. The van der Waals surface area contributed by atoms with Crippen molar-refractivity contribution in [2.45, 2.75) is 45.7 Å². The van der Waals surface area contributed by atoms with Crippen LogP contribution in [0.15, 0.2) is 54.3 Å². The summed E-state index contributed by atoms with van der Waals surface area (Å²) >= 11 is 0. The summed E-state index contributed by atoms with van der Waals surface area (Å²) in [4.78, 5) is 12.5. The van der Waals surface area contributed by atoms with Crippen molar-refractivity contribution >= 4 is 5.78 Å². The van der Waals surface area contributed by atoms with Crippen LogP contribution in [-0.2, 0) is 9.47 Å². The van der Waals surface area contributed by atoms with E-state index in [1.54, 1.807) is 36.4 Å². The molecular weight excluding hydrogens is 292 g/mol. The Hall–Kier alpha value is -1.91. The fourth-order valence-corrected chi connectivity index (χ4v) is 2.59. The maximum atomic E-state index is 12.5. The van der Waals surface area contributed by atoms with Gasteiger partial charge in [-0.3, -0.25) is 4.79 Å². The molecule has 1 aromatic carbocycles. The minimum absolute atomic E-state index is 0.0531. The summed E-state index contributed by atoms with van der Waals surface area (Å²) in [7, 11) is 0. The average Bonchev–Trinajstić information content (AvgIpc) is 2.46. The van der Waals surface area contributed by atoms with Gasteiger partial charge in [0.1, 0.15) is 5.76 Å². The second-order valence-corrected chi connectivity index (χ2v) is 6.19. The topological polar surface area (TPSA) is 55.8 Å². The Kier molecular flexibility index (Phi) is 5.39. The third kappa shape index (κ3) is 4.30. The first-order chi connectivity index (χ1) is 10.8. The van der Waals surface area contributed by atoms with Gasteiger partial charge in [0.05, 0.1) is 18.1 Å². The van der Waals surface area contributed by atoms with Crippen LogP contribution < -0.4 is 0 Å². The quantitative estimate of drug-likeness (QED) is 0.489. The molecule has 1 aromatic rings. The van der Waals surface area contributed by atoms with Crippen molar-refractivity contribution in [1.29, 1.82) is 0 Å². The molecule has 1 atom stereocenters. The van der Waals surface area contributed by atoms with E-state index in [0.717, 1.165) is 0 Å². The van der Waals surface area contributed by atoms with E-state index in [-0.39, 0.29) is 23.8 Å². The molecule has 0 radical (unpaired) electrons. The van der Waals surface area contributed by atoms with Gasteiger partial charge in [0.2, 0.25) is 5.79 Å². The van der Waals surface area contributed by atoms with Crippen molar-refractivity contribution in [2.24, 2.45) is 5.92 Å². The highest BCUT2D eigenvalue weighted by Crippen LogP contribution is 2.31. The van der Waals surface area contributed by atoms with Gasteiger partial charge in [-0.15, -0.1) is 0 Å². The van der Waals surface area contributed by atoms with Crippen LogP contribution in [-0.4, -0.2) is 28.9 Å². The molecule has 4 nitrogen and oxygen atoms in total. The first-order valence-electron chi connectivity index (χ1n) is 7.89. The van der Waals surface area contributed by atoms with Gasteiger partial charge in [0.15, 0.2) is 5.78 Å². The van der Waals surface area contributed by atoms with Crippen molar-refractivity contribution in [2.75, 3.05) is 0 Å². The largest absolute Gasteiger partial charge is 0.511 e. The van der Waals surface area contributed by atoms with E-state index in [0.29, 0.717) is 5.56 Å². The number of hydrogen-bond donors (Lipinski definition) is 1. The maximum Gasteiger partial charge on any atom is 0.212 e. The number of carbonyl (C=O) groups excluding carboxylic acids is 1. The van der Waals surface area contributed by atoms with Gasteiger partial charge in [0.25, 0.3) is 0 Å². The zero-order valence-electron chi connectivity index (χ0n) is 14.0. The Morgan fingerprint density at radius 3 is 2.13 bits per heavy atom. The number of rotatable bonds is 6. The monoisotopic (exact) mass is 316 g/mol. The van der Waals surface area contributed by atoms with Crippen molar-refractivity contribution < 1.29 is 19.4 Å². The number of aliphatic hydroxyl groups excluding tert-OH is 1. The number of carbonyl (C=O) groups is 1. The molecule has 0 spiro atoms. The highest BCUT2D eigenvalue weighted by atomic mass is 16.7. The third-order valence-corrected chi connectivity index (χ3v) is 3.37. The second-order valence-electron chi connectivity index (χ2n) is 6.19. The van der Waals surface area contributed by atoms with Crippen LogP contribution in [0.3, 0.4) is 0 Å². The summed E-state index contributed by atoms with van der Waals surface area (Å²) in [6, 6.07) is 8.92. The predicted octanol–water partition coefficient (Wildman–Crippen LogP) is 4.04. The lowest BCUT2D eigenvalue weighted by Gasteiger charge is -2.35. The van der Waals surface area contributed by atoms with Crippen LogP contribution in [0, 0.1) is 5.92 Å². The third-order valence-electron chi connectivity index (χ3n) is 3.37. The molecule has 1 N–H and O–H groups in total.